The summed E-state index contributed by atoms with van der Waals surface area (Å²) in [5, 5.41) is 15.0. The number of benzene rings is 1. The molecule has 0 spiro atoms. The molecule has 0 bridgehead atoms. The topological polar surface area (TPSA) is 70.4 Å². The smallest absolute Gasteiger partial charge is 0.191 e. The Morgan fingerprint density at radius 1 is 1.22 bits per heavy atom. The molecule has 0 saturated heterocycles. The number of guanidine groups is 1. The lowest BCUT2D eigenvalue weighted by molar-refractivity contribution is 0.674. The number of aryl methyl sites for hydroxylation is 1. The normalized spacial score (nSPS) is 11.3. The summed E-state index contributed by atoms with van der Waals surface area (Å²) in [5.74, 6) is 2.56. The lowest BCUT2D eigenvalue weighted by atomic mass is 10.3. The van der Waals surface area contributed by atoms with Gasteiger partial charge in [-0.3, -0.25) is 0 Å². The van der Waals surface area contributed by atoms with Gasteiger partial charge in [0.15, 0.2) is 11.8 Å². The van der Waals surface area contributed by atoms with Crippen LogP contribution in [0.1, 0.15) is 31.9 Å². The van der Waals surface area contributed by atoms with E-state index < -0.39 is 0 Å². The van der Waals surface area contributed by atoms with Crippen molar-refractivity contribution in [1.82, 2.24) is 25.4 Å². The highest BCUT2D eigenvalue weighted by atomic mass is 127. The van der Waals surface area contributed by atoms with Crippen LogP contribution in [0, 0.1) is 6.92 Å². The quantitative estimate of drug-likeness (QED) is 0.261. The zero-order valence-electron chi connectivity index (χ0n) is 16.9. The Morgan fingerprint density at radius 2 is 1.93 bits per heavy atom. The maximum atomic E-state index is 4.64. The van der Waals surface area contributed by atoms with Gasteiger partial charge in [-0.05, 0) is 39.3 Å². The Hall–Kier alpha value is -1.84. The SMILES string of the molecule is Cc1nnc(CN=C(NCCCN(C)c2ccccc2)NC(C)C)n1C.I. The molecule has 2 aromatic rings. The molecule has 0 unspecified atom stereocenters. The number of anilines is 1. The summed E-state index contributed by atoms with van der Waals surface area (Å²) in [5.41, 5.74) is 1.24. The summed E-state index contributed by atoms with van der Waals surface area (Å²) in [4.78, 5) is 6.90. The van der Waals surface area contributed by atoms with Gasteiger partial charge in [-0.25, -0.2) is 4.99 Å². The van der Waals surface area contributed by atoms with Crippen molar-refractivity contribution < 1.29 is 0 Å². The highest BCUT2D eigenvalue weighted by Gasteiger charge is 2.06. The van der Waals surface area contributed by atoms with Crippen LogP contribution in [0.2, 0.25) is 0 Å². The van der Waals surface area contributed by atoms with Crippen molar-refractivity contribution in [2.75, 3.05) is 25.0 Å². The Morgan fingerprint density at radius 3 is 2.52 bits per heavy atom. The predicted octanol–water partition coefficient (Wildman–Crippen LogP) is 2.71. The molecule has 0 saturated carbocycles. The molecule has 8 heteroatoms. The van der Waals surface area contributed by atoms with E-state index >= 15 is 0 Å². The molecule has 0 aliphatic heterocycles. The Bertz CT molecular complexity index is 697. The van der Waals surface area contributed by atoms with Gasteiger partial charge in [0.05, 0.1) is 0 Å². The summed E-state index contributed by atoms with van der Waals surface area (Å²) < 4.78 is 1.96. The molecule has 0 radical (unpaired) electrons. The fraction of sp³-hybridized carbons (Fsp3) is 0.526. The van der Waals surface area contributed by atoms with Crippen molar-refractivity contribution >= 4 is 35.6 Å². The first-order valence-corrected chi connectivity index (χ1v) is 9.13. The second-order valence-electron chi connectivity index (χ2n) is 6.72. The van der Waals surface area contributed by atoms with Gasteiger partial charge in [-0.2, -0.15) is 0 Å². The van der Waals surface area contributed by atoms with E-state index in [1.165, 1.54) is 5.69 Å². The molecule has 7 nitrogen and oxygen atoms in total. The van der Waals surface area contributed by atoms with Crippen LogP contribution in [-0.4, -0.2) is 46.9 Å². The number of nitrogens with zero attached hydrogens (tertiary/aromatic N) is 5. The van der Waals surface area contributed by atoms with Crippen molar-refractivity contribution in [2.24, 2.45) is 12.0 Å². The van der Waals surface area contributed by atoms with Crippen molar-refractivity contribution in [3.8, 4) is 0 Å². The minimum atomic E-state index is 0. The van der Waals surface area contributed by atoms with Gasteiger partial charge in [0.25, 0.3) is 0 Å². The van der Waals surface area contributed by atoms with Crippen LogP contribution in [0.4, 0.5) is 5.69 Å². The van der Waals surface area contributed by atoms with Gasteiger partial charge in [-0.15, -0.1) is 34.2 Å². The van der Waals surface area contributed by atoms with E-state index in [2.05, 4.69) is 75.9 Å². The predicted molar refractivity (Wildman–Crippen MR) is 123 cm³/mol. The standard InChI is InChI=1S/C19H31N7.HI/c1-15(2)22-19(21-14-18-24-23-16(3)26(18)5)20-12-9-13-25(4)17-10-7-6-8-11-17;/h6-8,10-11,15H,9,12-14H2,1-5H3,(H2,20,21,22);1H. The van der Waals surface area contributed by atoms with Crippen LogP contribution in [0.25, 0.3) is 0 Å². The summed E-state index contributed by atoms with van der Waals surface area (Å²) in [6.07, 6.45) is 1.02. The van der Waals surface area contributed by atoms with E-state index in [0.29, 0.717) is 12.6 Å². The minimum absolute atomic E-state index is 0. The van der Waals surface area contributed by atoms with E-state index in [-0.39, 0.29) is 24.0 Å². The van der Waals surface area contributed by atoms with Crippen LogP contribution >= 0.6 is 24.0 Å². The summed E-state index contributed by atoms with van der Waals surface area (Å²) in [6, 6.07) is 10.7. The number of aliphatic imine (C=N–C) groups is 1. The molecule has 0 aliphatic carbocycles. The van der Waals surface area contributed by atoms with Gasteiger partial charge in [0.2, 0.25) is 0 Å². The molecule has 2 rings (SSSR count). The van der Waals surface area contributed by atoms with Crippen molar-refractivity contribution in [3.05, 3.63) is 42.0 Å². The molecule has 0 aliphatic rings. The Kier molecular flexibility index (Phi) is 10.1. The number of halogens is 1. The second-order valence-corrected chi connectivity index (χ2v) is 6.72. The maximum absolute atomic E-state index is 4.64. The average Bonchev–Trinajstić information content (AvgIpc) is 2.95. The number of hydrogen-bond donors (Lipinski definition) is 2. The monoisotopic (exact) mass is 485 g/mol. The molecule has 0 fully saturated rings. The van der Waals surface area contributed by atoms with Crippen LogP contribution in [-0.2, 0) is 13.6 Å². The third-order valence-corrected chi connectivity index (χ3v) is 4.15. The van der Waals surface area contributed by atoms with Crippen molar-refractivity contribution in [2.45, 2.75) is 39.8 Å². The fourth-order valence-electron chi connectivity index (χ4n) is 2.50. The number of rotatable bonds is 8. The summed E-state index contributed by atoms with van der Waals surface area (Å²) in [6.45, 7) is 8.49. The largest absolute Gasteiger partial charge is 0.375 e. The van der Waals surface area contributed by atoms with E-state index in [1.54, 1.807) is 0 Å². The molecular weight excluding hydrogens is 453 g/mol. The van der Waals surface area contributed by atoms with Crippen LogP contribution in [0.5, 0.6) is 0 Å². The maximum Gasteiger partial charge on any atom is 0.191 e. The zero-order chi connectivity index (χ0) is 18.9. The third-order valence-electron chi connectivity index (χ3n) is 4.15. The fourth-order valence-corrected chi connectivity index (χ4v) is 2.50. The van der Waals surface area contributed by atoms with Gasteiger partial charge in [0.1, 0.15) is 12.4 Å². The van der Waals surface area contributed by atoms with Gasteiger partial charge in [0, 0.05) is 38.9 Å². The molecule has 1 aromatic heterocycles. The van der Waals surface area contributed by atoms with Gasteiger partial charge >= 0.3 is 0 Å². The Balaban J connectivity index is 0.00000364. The summed E-state index contributed by atoms with van der Waals surface area (Å²) in [7, 11) is 4.08. The van der Waals surface area contributed by atoms with Gasteiger partial charge in [-0.1, -0.05) is 18.2 Å². The average molecular weight is 485 g/mol. The Labute approximate surface area is 179 Å². The number of para-hydroxylation sites is 1. The summed E-state index contributed by atoms with van der Waals surface area (Å²) >= 11 is 0. The molecule has 150 valence electrons. The number of nitrogens with one attached hydrogen (secondary N) is 2. The first-order valence-electron chi connectivity index (χ1n) is 9.13. The van der Waals surface area contributed by atoms with E-state index in [1.807, 2.05) is 24.6 Å². The number of aromatic nitrogens is 3. The van der Waals surface area contributed by atoms with Crippen LogP contribution in [0.3, 0.4) is 0 Å². The molecule has 1 heterocycles. The van der Waals surface area contributed by atoms with Crippen LogP contribution < -0.4 is 15.5 Å². The second kappa shape index (κ2) is 11.8. The van der Waals surface area contributed by atoms with Crippen molar-refractivity contribution in [3.63, 3.8) is 0 Å². The van der Waals surface area contributed by atoms with E-state index in [9.17, 15) is 0 Å². The first-order chi connectivity index (χ1) is 12.5. The molecule has 0 atom stereocenters. The lowest BCUT2D eigenvalue weighted by Gasteiger charge is -2.20. The molecule has 0 amide bonds. The first kappa shape index (κ1) is 23.2. The molecule has 1 aromatic carbocycles. The van der Waals surface area contributed by atoms with Crippen LogP contribution in [0.15, 0.2) is 35.3 Å². The highest BCUT2D eigenvalue weighted by molar-refractivity contribution is 14.0. The molecule has 27 heavy (non-hydrogen) atoms. The molecular formula is C19H32IN7. The zero-order valence-corrected chi connectivity index (χ0v) is 19.3. The third kappa shape index (κ3) is 7.74. The van der Waals surface area contributed by atoms with Crippen molar-refractivity contribution in [1.29, 1.82) is 0 Å². The number of hydrogen-bond acceptors (Lipinski definition) is 4. The molecule has 2 N–H and O–H groups in total. The minimum Gasteiger partial charge on any atom is -0.375 e. The van der Waals surface area contributed by atoms with Gasteiger partial charge < -0.3 is 20.1 Å². The lowest BCUT2D eigenvalue weighted by Crippen LogP contribution is -2.42. The van der Waals surface area contributed by atoms with E-state index in [4.69, 9.17) is 0 Å². The highest BCUT2D eigenvalue weighted by Crippen LogP contribution is 2.10. The van der Waals surface area contributed by atoms with E-state index in [0.717, 1.165) is 37.1 Å².